The number of hydrogen-bond donors (Lipinski definition) is 4. The monoisotopic (exact) mass is 349 g/mol. The standard InChI is InChI=1S/C8H26N5O4P3/c1-5-14-19(15-6-2)11-18(9,10)12-20(13-19,16-7-3)17-8-4/h11,13H,5-10H2,1-4H3/q+2. The van der Waals surface area contributed by atoms with Crippen LogP contribution in [0.5, 0.6) is 0 Å². The van der Waals surface area contributed by atoms with Crippen molar-refractivity contribution in [3.05, 3.63) is 0 Å². The largest absolute Gasteiger partial charge is 0.523 e. The number of rotatable bonds is 8. The van der Waals surface area contributed by atoms with Crippen molar-refractivity contribution >= 4 is 23.5 Å². The molecule has 0 amide bonds. The topological polar surface area (TPSA) is 125 Å². The summed E-state index contributed by atoms with van der Waals surface area (Å²) in [7, 11) is -8.26. The third-order valence-corrected chi connectivity index (χ3v) is 11.0. The summed E-state index contributed by atoms with van der Waals surface area (Å²) in [4.78, 5) is 6.17. The van der Waals surface area contributed by atoms with Gasteiger partial charge in [0.05, 0.1) is 31.3 Å². The van der Waals surface area contributed by atoms with Gasteiger partial charge in [-0.25, -0.2) is 0 Å². The maximum absolute atomic E-state index is 6.06. The highest BCUT2D eigenvalue weighted by Gasteiger charge is 2.67. The number of hydrogen-bond acceptors (Lipinski definition) is 9. The molecule has 0 aromatic carbocycles. The van der Waals surface area contributed by atoms with Crippen LogP contribution >= 0.6 is 23.5 Å². The van der Waals surface area contributed by atoms with Crippen LogP contribution in [0.15, 0.2) is 4.52 Å². The molecule has 0 aromatic heterocycles. The first-order valence-corrected chi connectivity index (χ1v) is 11.6. The zero-order valence-electron chi connectivity index (χ0n) is 12.4. The Morgan fingerprint density at radius 1 is 0.900 bits per heavy atom. The highest BCUT2D eigenvalue weighted by Crippen LogP contribution is 2.78. The van der Waals surface area contributed by atoms with Crippen molar-refractivity contribution in [2.45, 2.75) is 27.7 Å². The molecular formula is C8H26N5O4P3+2. The van der Waals surface area contributed by atoms with Crippen molar-refractivity contribution in [2.24, 2.45) is 15.5 Å². The summed E-state index contributed by atoms with van der Waals surface area (Å²) < 4.78 is 27.2. The van der Waals surface area contributed by atoms with E-state index in [9.17, 15) is 0 Å². The Labute approximate surface area is 121 Å². The van der Waals surface area contributed by atoms with Gasteiger partial charge in [0.15, 0.2) is 0 Å². The SMILES string of the molecule is CCO[P+]1(OCC)N=P(N)(N)N[P+](OCC)(OCC)N1. The van der Waals surface area contributed by atoms with Gasteiger partial charge in [0.25, 0.3) is 0 Å². The summed E-state index contributed by atoms with van der Waals surface area (Å²) in [5.74, 6) is 0. The van der Waals surface area contributed by atoms with E-state index in [1.54, 1.807) is 0 Å². The predicted molar refractivity (Wildman–Crippen MR) is 84.3 cm³/mol. The molecule has 120 valence electrons. The second-order valence-corrected chi connectivity index (χ2v) is 10.7. The molecule has 0 atom stereocenters. The van der Waals surface area contributed by atoms with Gasteiger partial charge in [0.1, 0.15) is 0 Å². The van der Waals surface area contributed by atoms with Gasteiger partial charge in [0.2, 0.25) is 7.51 Å². The molecule has 12 heteroatoms. The molecule has 1 heterocycles. The number of nitrogens with one attached hydrogen (secondary N) is 2. The van der Waals surface area contributed by atoms with E-state index < -0.39 is 23.5 Å². The number of nitrogens with zero attached hydrogens (tertiary/aromatic N) is 1. The van der Waals surface area contributed by atoms with E-state index in [0.29, 0.717) is 26.4 Å². The van der Waals surface area contributed by atoms with Crippen molar-refractivity contribution in [1.82, 2.24) is 9.72 Å². The van der Waals surface area contributed by atoms with Gasteiger partial charge in [0, 0.05) is 0 Å². The summed E-state index contributed by atoms with van der Waals surface area (Å²) >= 11 is 0. The molecule has 0 aromatic rings. The molecule has 0 unspecified atom stereocenters. The Kier molecular flexibility index (Phi) is 7.39. The van der Waals surface area contributed by atoms with Crippen molar-refractivity contribution in [3.8, 4) is 0 Å². The fraction of sp³-hybridized carbons (Fsp3) is 1.00. The Balaban J connectivity index is 3.18. The van der Waals surface area contributed by atoms with Crippen LogP contribution in [-0.2, 0) is 18.1 Å². The quantitative estimate of drug-likeness (QED) is 0.493. The van der Waals surface area contributed by atoms with Crippen LogP contribution in [0.3, 0.4) is 0 Å². The molecule has 1 rings (SSSR count). The predicted octanol–water partition coefficient (Wildman–Crippen LogP) is 2.54. The molecule has 0 aliphatic carbocycles. The van der Waals surface area contributed by atoms with Crippen LogP contribution in [0.1, 0.15) is 27.7 Å². The average molecular weight is 349 g/mol. The van der Waals surface area contributed by atoms with E-state index in [-0.39, 0.29) is 0 Å². The molecule has 0 radical (unpaired) electrons. The lowest BCUT2D eigenvalue weighted by Crippen LogP contribution is -2.38. The molecule has 1 aliphatic rings. The summed E-state index contributed by atoms with van der Waals surface area (Å²) in [6, 6.07) is 0. The van der Waals surface area contributed by atoms with Crippen molar-refractivity contribution in [3.63, 3.8) is 0 Å². The van der Waals surface area contributed by atoms with Crippen LogP contribution in [-0.4, -0.2) is 26.4 Å². The van der Waals surface area contributed by atoms with Crippen LogP contribution in [0, 0.1) is 0 Å². The highest BCUT2D eigenvalue weighted by atomic mass is 31.3. The Morgan fingerprint density at radius 2 is 1.35 bits per heavy atom. The Hall–Kier alpha value is 0.770. The molecule has 0 spiro atoms. The van der Waals surface area contributed by atoms with Gasteiger partial charge >= 0.3 is 16.0 Å². The number of nitrogens with two attached hydrogens (primary N) is 2. The summed E-state index contributed by atoms with van der Waals surface area (Å²) in [5.41, 5.74) is 12.1. The van der Waals surface area contributed by atoms with Crippen molar-refractivity contribution < 1.29 is 18.1 Å². The van der Waals surface area contributed by atoms with Crippen LogP contribution in [0.2, 0.25) is 0 Å². The third-order valence-electron chi connectivity index (χ3n) is 2.05. The molecule has 0 saturated carbocycles. The van der Waals surface area contributed by atoms with Crippen LogP contribution < -0.4 is 20.7 Å². The second kappa shape index (κ2) is 7.86. The van der Waals surface area contributed by atoms with E-state index in [1.165, 1.54) is 0 Å². The molecule has 9 nitrogen and oxygen atoms in total. The van der Waals surface area contributed by atoms with Gasteiger partial charge in [-0.3, -0.25) is 11.0 Å². The molecule has 20 heavy (non-hydrogen) atoms. The zero-order valence-corrected chi connectivity index (χ0v) is 15.1. The average Bonchev–Trinajstić information content (AvgIpc) is 2.27. The lowest BCUT2D eigenvalue weighted by Gasteiger charge is -2.31. The van der Waals surface area contributed by atoms with E-state index in [0.717, 1.165) is 0 Å². The summed E-state index contributed by atoms with van der Waals surface area (Å²) in [6.45, 7) is 9.15. The fourth-order valence-electron chi connectivity index (χ4n) is 1.65. The van der Waals surface area contributed by atoms with Gasteiger partial charge in [-0.15, -0.1) is 0 Å². The minimum atomic E-state index is -2.79. The zero-order chi connectivity index (χ0) is 15.3. The maximum atomic E-state index is 6.06. The Morgan fingerprint density at radius 3 is 1.75 bits per heavy atom. The first-order chi connectivity index (χ1) is 9.36. The summed E-state index contributed by atoms with van der Waals surface area (Å²) in [5, 5.41) is 0. The smallest absolute Gasteiger partial charge is 0.268 e. The minimum Gasteiger partial charge on any atom is -0.268 e. The molecule has 6 N–H and O–H groups in total. The van der Waals surface area contributed by atoms with E-state index in [1.807, 2.05) is 27.7 Å². The molecular weight excluding hydrogens is 323 g/mol. The second-order valence-electron chi connectivity index (χ2n) is 3.77. The van der Waals surface area contributed by atoms with Gasteiger partial charge in [-0.1, -0.05) is 4.86 Å². The molecule has 0 bridgehead atoms. The molecule has 0 fully saturated rings. The summed E-state index contributed by atoms with van der Waals surface area (Å²) in [6.07, 6.45) is 0. The van der Waals surface area contributed by atoms with Gasteiger partial charge < -0.3 is 0 Å². The van der Waals surface area contributed by atoms with Gasteiger partial charge in [-0.05, 0) is 32.2 Å². The lowest BCUT2D eigenvalue weighted by molar-refractivity contribution is 0.220. The maximum Gasteiger partial charge on any atom is 0.523 e. The minimum absolute atomic E-state index is 0.419. The molecule has 1 aliphatic heterocycles. The van der Waals surface area contributed by atoms with Crippen LogP contribution in [0.25, 0.3) is 0 Å². The molecule has 0 saturated heterocycles. The van der Waals surface area contributed by atoms with Crippen molar-refractivity contribution in [1.29, 1.82) is 0 Å². The third kappa shape index (κ3) is 4.90. The van der Waals surface area contributed by atoms with Crippen molar-refractivity contribution in [2.75, 3.05) is 26.4 Å². The first-order valence-electron chi connectivity index (χ1n) is 6.52. The van der Waals surface area contributed by atoms with Crippen LogP contribution in [0.4, 0.5) is 0 Å². The lowest BCUT2D eigenvalue weighted by atomic mass is 10.9. The van der Waals surface area contributed by atoms with E-state index in [2.05, 4.69) is 14.2 Å². The van der Waals surface area contributed by atoms with E-state index in [4.69, 9.17) is 29.1 Å². The normalized spacial score (nSPS) is 23.3. The van der Waals surface area contributed by atoms with E-state index >= 15 is 0 Å². The highest BCUT2D eigenvalue weighted by molar-refractivity contribution is 7.89. The fourth-order valence-corrected chi connectivity index (χ4v) is 11.2. The first kappa shape index (κ1) is 18.8. The Bertz CT molecular complexity index is 354. The van der Waals surface area contributed by atoms with Gasteiger partial charge in [-0.2, -0.15) is 18.1 Å².